The number of rotatable bonds is 7. The van der Waals surface area contributed by atoms with Crippen molar-refractivity contribution >= 4 is 23.2 Å². The monoisotopic (exact) mass is 414 g/mol. The van der Waals surface area contributed by atoms with Crippen LogP contribution in [0.25, 0.3) is 0 Å². The number of nitrogens with zero attached hydrogens (tertiary/aromatic N) is 1. The van der Waals surface area contributed by atoms with Crippen LogP contribution in [0.1, 0.15) is 24.5 Å². The fourth-order valence-corrected chi connectivity index (χ4v) is 3.81. The van der Waals surface area contributed by atoms with E-state index < -0.39 is 0 Å². The van der Waals surface area contributed by atoms with Crippen molar-refractivity contribution in [2.24, 2.45) is 5.92 Å². The van der Waals surface area contributed by atoms with E-state index >= 15 is 0 Å². The van der Waals surface area contributed by atoms with Gasteiger partial charge in [-0.2, -0.15) is 0 Å². The molecule has 158 valence electrons. The Labute approximate surface area is 182 Å². The van der Waals surface area contributed by atoms with Crippen molar-refractivity contribution in [1.29, 1.82) is 0 Å². The highest BCUT2D eigenvalue weighted by Crippen LogP contribution is 2.29. The maximum Gasteiger partial charge on any atom is 0.229 e. The van der Waals surface area contributed by atoms with Gasteiger partial charge in [0.25, 0.3) is 0 Å². The van der Waals surface area contributed by atoms with Crippen LogP contribution in [0, 0.1) is 5.92 Å². The Bertz CT molecular complexity index is 1050. The molecule has 5 nitrogen and oxygen atoms in total. The number of amides is 2. The summed E-state index contributed by atoms with van der Waals surface area (Å²) in [5.74, 6) is 0.222. The van der Waals surface area contributed by atoms with Gasteiger partial charge in [0.1, 0.15) is 12.4 Å². The van der Waals surface area contributed by atoms with E-state index in [1.807, 2.05) is 78.9 Å². The van der Waals surface area contributed by atoms with Gasteiger partial charge in [0, 0.05) is 24.3 Å². The minimum atomic E-state index is -0.369. The molecule has 1 aliphatic heterocycles. The number of carbonyl (C=O) groups excluding carboxylic acids is 2. The Kier molecular flexibility index (Phi) is 6.32. The van der Waals surface area contributed by atoms with E-state index in [2.05, 4.69) is 12.2 Å². The van der Waals surface area contributed by atoms with Gasteiger partial charge in [0.05, 0.1) is 5.92 Å². The third kappa shape index (κ3) is 4.94. The van der Waals surface area contributed by atoms with Crippen LogP contribution in [0.3, 0.4) is 0 Å². The highest BCUT2D eigenvalue weighted by atomic mass is 16.5. The molecule has 1 atom stereocenters. The summed E-state index contributed by atoms with van der Waals surface area (Å²) in [4.78, 5) is 27.1. The molecule has 3 aromatic rings. The second-order valence-corrected chi connectivity index (χ2v) is 7.68. The molecule has 0 spiro atoms. The molecular weight excluding hydrogens is 388 g/mol. The third-order valence-electron chi connectivity index (χ3n) is 5.53. The number of nitrogens with one attached hydrogen (secondary N) is 1. The van der Waals surface area contributed by atoms with Gasteiger partial charge in [-0.1, -0.05) is 55.5 Å². The summed E-state index contributed by atoms with van der Waals surface area (Å²) in [6.45, 7) is 2.96. The first kappa shape index (κ1) is 20.7. The van der Waals surface area contributed by atoms with Gasteiger partial charge in [-0.15, -0.1) is 0 Å². The Morgan fingerprint density at radius 3 is 2.45 bits per heavy atom. The number of para-hydroxylation sites is 1. The molecule has 31 heavy (non-hydrogen) atoms. The Morgan fingerprint density at radius 2 is 1.71 bits per heavy atom. The predicted octanol–water partition coefficient (Wildman–Crippen LogP) is 4.82. The Hall–Kier alpha value is -3.60. The van der Waals surface area contributed by atoms with Crippen LogP contribution in [0.5, 0.6) is 5.75 Å². The molecule has 4 rings (SSSR count). The van der Waals surface area contributed by atoms with Crippen LogP contribution in [0.15, 0.2) is 78.9 Å². The van der Waals surface area contributed by atoms with Crippen molar-refractivity contribution in [3.63, 3.8) is 0 Å². The second-order valence-electron chi connectivity index (χ2n) is 7.68. The largest absolute Gasteiger partial charge is 0.489 e. The summed E-state index contributed by atoms with van der Waals surface area (Å²) >= 11 is 0. The van der Waals surface area contributed by atoms with Crippen molar-refractivity contribution in [3.05, 3.63) is 90.0 Å². The molecule has 1 fully saturated rings. The summed E-state index contributed by atoms with van der Waals surface area (Å²) in [5.41, 5.74) is 3.81. The number of carbonyl (C=O) groups is 2. The average molecular weight is 415 g/mol. The van der Waals surface area contributed by atoms with Crippen LogP contribution in [0.2, 0.25) is 0 Å². The lowest BCUT2D eigenvalue weighted by atomic mass is 10.1. The van der Waals surface area contributed by atoms with Gasteiger partial charge in [-0.25, -0.2) is 0 Å². The van der Waals surface area contributed by atoms with Gasteiger partial charge in [0.2, 0.25) is 11.8 Å². The van der Waals surface area contributed by atoms with Crippen LogP contribution >= 0.6 is 0 Å². The zero-order chi connectivity index (χ0) is 21.6. The molecule has 1 N–H and O–H groups in total. The first-order valence-electron chi connectivity index (χ1n) is 10.6. The van der Waals surface area contributed by atoms with Gasteiger partial charge in [-0.3, -0.25) is 9.59 Å². The standard InChI is InChI=1S/C26H26N2O3/c1-2-20-10-6-7-11-24(20)28-17-21(16-25(28)29)26(30)27-22-12-14-23(15-13-22)31-18-19-8-4-3-5-9-19/h3-15,21H,2,16-18H2,1H3,(H,27,30). The molecule has 0 bridgehead atoms. The normalized spacial score (nSPS) is 15.7. The Balaban J connectivity index is 1.34. The smallest absolute Gasteiger partial charge is 0.229 e. The van der Waals surface area contributed by atoms with Crippen molar-refractivity contribution in [2.75, 3.05) is 16.8 Å². The number of ether oxygens (including phenoxy) is 1. The zero-order valence-electron chi connectivity index (χ0n) is 17.6. The minimum Gasteiger partial charge on any atom is -0.489 e. The van der Waals surface area contributed by atoms with E-state index in [9.17, 15) is 9.59 Å². The van der Waals surface area contributed by atoms with E-state index in [1.165, 1.54) is 0 Å². The molecule has 0 radical (unpaired) electrons. The van der Waals surface area contributed by atoms with E-state index in [-0.39, 0.29) is 24.2 Å². The molecule has 1 unspecified atom stereocenters. The highest BCUT2D eigenvalue weighted by molar-refractivity contribution is 6.03. The quantitative estimate of drug-likeness (QED) is 0.603. The van der Waals surface area contributed by atoms with Crippen molar-refractivity contribution in [1.82, 2.24) is 0 Å². The Morgan fingerprint density at radius 1 is 1.00 bits per heavy atom. The van der Waals surface area contributed by atoms with Crippen molar-refractivity contribution in [3.8, 4) is 5.75 Å². The fourth-order valence-electron chi connectivity index (χ4n) is 3.81. The molecule has 5 heteroatoms. The van der Waals surface area contributed by atoms with Crippen LogP contribution in [0.4, 0.5) is 11.4 Å². The molecule has 1 aliphatic rings. The average Bonchev–Trinajstić information content (AvgIpc) is 3.21. The van der Waals surface area contributed by atoms with E-state index in [1.54, 1.807) is 4.90 Å². The van der Waals surface area contributed by atoms with Crippen LogP contribution < -0.4 is 15.0 Å². The first-order chi connectivity index (χ1) is 15.1. The maximum absolute atomic E-state index is 12.8. The van der Waals surface area contributed by atoms with Crippen LogP contribution in [-0.4, -0.2) is 18.4 Å². The highest BCUT2D eigenvalue weighted by Gasteiger charge is 2.35. The maximum atomic E-state index is 12.8. The van der Waals surface area contributed by atoms with Gasteiger partial charge >= 0.3 is 0 Å². The van der Waals surface area contributed by atoms with E-state index in [0.29, 0.717) is 18.8 Å². The number of aryl methyl sites for hydroxylation is 1. The SMILES string of the molecule is CCc1ccccc1N1CC(C(=O)Nc2ccc(OCc3ccccc3)cc2)CC1=O. The van der Waals surface area contributed by atoms with Gasteiger partial charge < -0.3 is 15.0 Å². The van der Waals surface area contributed by atoms with Gasteiger partial charge in [0.15, 0.2) is 0 Å². The van der Waals surface area contributed by atoms with E-state index in [4.69, 9.17) is 4.74 Å². The van der Waals surface area contributed by atoms with Crippen molar-refractivity contribution < 1.29 is 14.3 Å². The number of hydrogen-bond donors (Lipinski definition) is 1. The first-order valence-corrected chi connectivity index (χ1v) is 10.6. The summed E-state index contributed by atoms with van der Waals surface area (Å²) in [6, 6.07) is 25.1. The summed E-state index contributed by atoms with van der Waals surface area (Å²) in [6.07, 6.45) is 1.07. The lowest BCUT2D eigenvalue weighted by molar-refractivity contribution is -0.122. The predicted molar refractivity (Wildman–Crippen MR) is 122 cm³/mol. The number of hydrogen-bond acceptors (Lipinski definition) is 3. The van der Waals surface area contributed by atoms with E-state index in [0.717, 1.165) is 29.0 Å². The zero-order valence-corrected chi connectivity index (χ0v) is 17.6. The summed E-state index contributed by atoms with van der Waals surface area (Å²) in [7, 11) is 0. The molecule has 2 amide bonds. The third-order valence-corrected chi connectivity index (χ3v) is 5.53. The topological polar surface area (TPSA) is 58.6 Å². The summed E-state index contributed by atoms with van der Waals surface area (Å²) in [5, 5.41) is 2.93. The lowest BCUT2D eigenvalue weighted by Gasteiger charge is -2.20. The number of anilines is 2. The number of benzene rings is 3. The molecule has 0 aromatic heterocycles. The minimum absolute atomic E-state index is 0.00860. The fraction of sp³-hybridized carbons (Fsp3) is 0.231. The van der Waals surface area contributed by atoms with Crippen molar-refractivity contribution in [2.45, 2.75) is 26.4 Å². The molecular formula is C26H26N2O3. The second kappa shape index (κ2) is 9.47. The molecule has 3 aromatic carbocycles. The molecule has 1 heterocycles. The molecule has 0 aliphatic carbocycles. The van der Waals surface area contributed by atoms with Crippen LogP contribution in [-0.2, 0) is 22.6 Å². The molecule has 1 saturated heterocycles. The molecule has 0 saturated carbocycles. The lowest BCUT2D eigenvalue weighted by Crippen LogP contribution is -2.28. The summed E-state index contributed by atoms with van der Waals surface area (Å²) < 4.78 is 5.79. The van der Waals surface area contributed by atoms with Gasteiger partial charge in [-0.05, 0) is 47.9 Å².